The molecule has 2 amide bonds. The SMILES string of the molecule is Cc1ccc(S(=O)(=O)N(CC(=O)Nc2ccccc2C(=O)N2CCCCC2)c2ccc(C(C)C)cc2)cc1. The van der Waals surface area contributed by atoms with Crippen LogP contribution in [-0.4, -0.2) is 44.8 Å². The van der Waals surface area contributed by atoms with E-state index in [0.29, 0.717) is 30.0 Å². The van der Waals surface area contributed by atoms with E-state index in [4.69, 9.17) is 0 Å². The number of carbonyl (C=O) groups is 2. The highest BCUT2D eigenvalue weighted by atomic mass is 32.2. The maximum Gasteiger partial charge on any atom is 0.264 e. The molecule has 1 fully saturated rings. The Morgan fingerprint density at radius 3 is 2.16 bits per heavy atom. The van der Waals surface area contributed by atoms with Gasteiger partial charge < -0.3 is 10.2 Å². The summed E-state index contributed by atoms with van der Waals surface area (Å²) in [6.45, 7) is 6.95. The van der Waals surface area contributed by atoms with Crippen molar-refractivity contribution in [3.8, 4) is 0 Å². The minimum atomic E-state index is -4.04. The van der Waals surface area contributed by atoms with Gasteiger partial charge in [-0.15, -0.1) is 0 Å². The van der Waals surface area contributed by atoms with Gasteiger partial charge in [0.2, 0.25) is 5.91 Å². The highest BCUT2D eigenvalue weighted by molar-refractivity contribution is 7.92. The summed E-state index contributed by atoms with van der Waals surface area (Å²) in [5, 5.41) is 2.80. The number of aryl methyl sites for hydroxylation is 1. The normalized spacial score (nSPS) is 13.8. The molecule has 0 atom stereocenters. The molecule has 7 nitrogen and oxygen atoms in total. The van der Waals surface area contributed by atoms with Crippen LogP contribution in [0.5, 0.6) is 0 Å². The minimum absolute atomic E-state index is 0.101. The van der Waals surface area contributed by atoms with Crippen LogP contribution in [0.25, 0.3) is 0 Å². The molecular formula is C30H35N3O4S. The van der Waals surface area contributed by atoms with E-state index in [9.17, 15) is 18.0 Å². The third kappa shape index (κ3) is 6.25. The first kappa shape index (κ1) is 27.4. The molecule has 0 radical (unpaired) electrons. The summed E-state index contributed by atoms with van der Waals surface area (Å²) < 4.78 is 28.6. The summed E-state index contributed by atoms with van der Waals surface area (Å²) >= 11 is 0. The number of para-hydroxylation sites is 1. The second kappa shape index (κ2) is 11.8. The topological polar surface area (TPSA) is 86.8 Å². The summed E-state index contributed by atoms with van der Waals surface area (Å²) in [6, 6.07) is 20.6. The average molecular weight is 534 g/mol. The van der Waals surface area contributed by atoms with Crippen LogP contribution >= 0.6 is 0 Å². The molecule has 38 heavy (non-hydrogen) atoms. The van der Waals surface area contributed by atoms with Crippen LogP contribution in [0, 0.1) is 6.92 Å². The number of rotatable bonds is 8. The van der Waals surface area contributed by atoms with Gasteiger partial charge in [-0.05, 0) is 74.1 Å². The van der Waals surface area contributed by atoms with Crippen molar-refractivity contribution in [1.82, 2.24) is 4.90 Å². The predicted octanol–water partition coefficient (Wildman–Crippen LogP) is 5.58. The first-order valence-electron chi connectivity index (χ1n) is 13.0. The van der Waals surface area contributed by atoms with Gasteiger partial charge in [-0.1, -0.05) is 55.8 Å². The van der Waals surface area contributed by atoms with E-state index in [1.54, 1.807) is 65.6 Å². The highest BCUT2D eigenvalue weighted by Gasteiger charge is 2.28. The molecule has 1 aliphatic heterocycles. The van der Waals surface area contributed by atoms with Gasteiger partial charge in [-0.2, -0.15) is 0 Å². The molecule has 4 rings (SSSR count). The number of hydrogen-bond donors (Lipinski definition) is 1. The summed E-state index contributed by atoms with van der Waals surface area (Å²) in [7, 11) is -4.04. The Kier molecular flexibility index (Phi) is 8.52. The Hall–Kier alpha value is -3.65. The Balaban J connectivity index is 1.62. The standard InChI is InChI=1S/C30H35N3O4S/c1-22(2)24-13-15-25(16-14-24)33(38(36,37)26-17-11-23(3)12-18-26)21-29(34)31-28-10-6-5-9-27(28)30(35)32-19-7-4-8-20-32/h5-6,9-18,22H,4,7-8,19-21H2,1-3H3,(H,31,34). The molecule has 0 aliphatic carbocycles. The molecule has 8 heteroatoms. The van der Waals surface area contributed by atoms with Gasteiger partial charge in [0.05, 0.1) is 21.8 Å². The van der Waals surface area contributed by atoms with E-state index in [1.807, 2.05) is 19.1 Å². The molecule has 200 valence electrons. The second-order valence-electron chi connectivity index (χ2n) is 10.0. The third-order valence-electron chi connectivity index (χ3n) is 6.82. The molecule has 3 aromatic carbocycles. The van der Waals surface area contributed by atoms with Crippen molar-refractivity contribution in [2.45, 2.75) is 50.8 Å². The monoisotopic (exact) mass is 533 g/mol. The summed E-state index contributed by atoms with van der Waals surface area (Å²) in [5.74, 6) is -0.384. The van der Waals surface area contributed by atoms with Crippen LogP contribution in [0.2, 0.25) is 0 Å². The number of sulfonamides is 1. The molecule has 0 saturated carbocycles. The third-order valence-corrected chi connectivity index (χ3v) is 8.61. The van der Waals surface area contributed by atoms with Crippen molar-refractivity contribution in [3.63, 3.8) is 0 Å². The lowest BCUT2D eigenvalue weighted by Crippen LogP contribution is -2.39. The van der Waals surface area contributed by atoms with E-state index in [0.717, 1.165) is 34.7 Å². The molecule has 1 aliphatic rings. The predicted molar refractivity (Wildman–Crippen MR) is 151 cm³/mol. The summed E-state index contributed by atoms with van der Waals surface area (Å²) in [4.78, 5) is 28.4. The van der Waals surface area contributed by atoms with Crippen molar-refractivity contribution in [2.24, 2.45) is 0 Å². The van der Waals surface area contributed by atoms with E-state index >= 15 is 0 Å². The average Bonchev–Trinajstić information content (AvgIpc) is 2.92. The largest absolute Gasteiger partial charge is 0.339 e. The first-order valence-corrected chi connectivity index (χ1v) is 14.5. The van der Waals surface area contributed by atoms with Gasteiger partial charge in [0.1, 0.15) is 6.54 Å². The minimum Gasteiger partial charge on any atom is -0.339 e. The lowest BCUT2D eigenvalue weighted by molar-refractivity contribution is -0.114. The zero-order valence-electron chi connectivity index (χ0n) is 22.2. The molecule has 0 unspecified atom stereocenters. The van der Waals surface area contributed by atoms with Crippen molar-refractivity contribution in [3.05, 3.63) is 89.5 Å². The van der Waals surface area contributed by atoms with Crippen LogP contribution in [-0.2, 0) is 14.8 Å². The smallest absolute Gasteiger partial charge is 0.264 e. The van der Waals surface area contributed by atoms with Gasteiger partial charge in [0.25, 0.3) is 15.9 Å². The first-order chi connectivity index (χ1) is 18.2. The Morgan fingerprint density at radius 1 is 0.895 bits per heavy atom. The van der Waals surface area contributed by atoms with Gasteiger partial charge in [-0.3, -0.25) is 13.9 Å². The maximum absolute atomic E-state index is 13.7. The summed E-state index contributed by atoms with van der Waals surface area (Å²) in [6.07, 6.45) is 3.02. The Morgan fingerprint density at radius 2 is 1.53 bits per heavy atom. The van der Waals surface area contributed by atoms with Gasteiger partial charge in [-0.25, -0.2) is 8.42 Å². The lowest BCUT2D eigenvalue weighted by Gasteiger charge is -2.28. The molecule has 0 spiro atoms. The highest BCUT2D eigenvalue weighted by Crippen LogP contribution is 2.27. The quantitative estimate of drug-likeness (QED) is 0.410. The molecular weight excluding hydrogens is 498 g/mol. The molecule has 0 bridgehead atoms. The van der Waals surface area contributed by atoms with E-state index in [-0.39, 0.29) is 16.7 Å². The fraction of sp³-hybridized carbons (Fsp3) is 0.333. The van der Waals surface area contributed by atoms with Crippen LogP contribution in [0.4, 0.5) is 11.4 Å². The maximum atomic E-state index is 13.7. The van der Waals surface area contributed by atoms with E-state index in [1.165, 1.54) is 0 Å². The number of piperidine rings is 1. The van der Waals surface area contributed by atoms with Crippen LogP contribution < -0.4 is 9.62 Å². The fourth-order valence-electron chi connectivity index (χ4n) is 4.54. The van der Waals surface area contributed by atoms with Gasteiger partial charge in [0.15, 0.2) is 0 Å². The van der Waals surface area contributed by atoms with Crippen molar-refractivity contribution in [2.75, 3.05) is 29.3 Å². The number of benzene rings is 3. The molecule has 0 aromatic heterocycles. The zero-order chi connectivity index (χ0) is 27.3. The van der Waals surface area contributed by atoms with Crippen molar-refractivity contribution < 1.29 is 18.0 Å². The zero-order valence-corrected chi connectivity index (χ0v) is 23.0. The van der Waals surface area contributed by atoms with E-state index in [2.05, 4.69) is 19.2 Å². The number of amides is 2. The molecule has 1 saturated heterocycles. The molecule has 3 aromatic rings. The van der Waals surface area contributed by atoms with E-state index < -0.39 is 22.5 Å². The number of anilines is 2. The Bertz CT molecular complexity index is 1380. The van der Waals surface area contributed by atoms with Gasteiger partial charge >= 0.3 is 0 Å². The number of hydrogen-bond acceptors (Lipinski definition) is 4. The molecule has 1 N–H and O–H groups in total. The summed E-state index contributed by atoms with van der Waals surface area (Å²) in [5.41, 5.74) is 3.16. The van der Waals surface area contributed by atoms with Crippen LogP contribution in [0.3, 0.4) is 0 Å². The number of nitrogens with one attached hydrogen (secondary N) is 1. The lowest BCUT2D eigenvalue weighted by atomic mass is 10.0. The number of nitrogens with zero attached hydrogens (tertiary/aromatic N) is 2. The Labute approximate surface area is 225 Å². The second-order valence-corrected chi connectivity index (χ2v) is 11.9. The van der Waals surface area contributed by atoms with Crippen LogP contribution in [0.15, 0.2) is 77.7 Å². The van der Waals surface area contributed by atoms with Crippen molar-refractivity contribution >= 4 is 33.2 Å². The number of likely N-dealkylation sites (tertiary alicyclic amines) is 1. The van der Waals surface area contributed by atoms with Crippen molar-refractivity contribution in [1.29, 1.82) is 0 Å². The van der Waals surface area contributed by atoms with Crippen LogP contribution in [0.1, 0.15) is 60.5 Å². The van der Waals surface area contributed by atoms with Gasteiger partial charge in [0, 0.05) is 13.1 Å². The number of carbonyl (C=O) groups excluding carboxylic acids is 2. The molecule has 1 heterocycles. The fourth-order valence-corrected chi connectivity index (χ4v) is 5.97.